The number of fused-ring (bicyclic) bond motifs is 1. The Hall–Kier alpha value is -2.24. The summed E-state index contributed by atoms with van der Waals surface area (Å²) in [5.74, 6) is -0.468. The lowest BCUT2D eigenvalue weighted by molar-refractivity contribution is 0.171. The molecule has 0 fully saturated rings. The summed E-state index contributed by atoms with van der Waals surface area (Å²) < 4.78 is 9.38. The Morgan fingerprint density at radius 1 is 1.53 bits per heavy atom. The maximum atomic E-state index is 10.9. The van der Waals surface area contributed by atoms with E-state index in [1.54, 1.807) is 12.1 Å². The zero-order valence-electron chi connectivity index (χ0n) is 9.28. The lowest BCUT2D eigenvalue weighted by atomic mass is 10.1. The van der Waals surface area contributed by atoms with Gasteiger partial charge in [-0.25, -0.2) is 9.59 Å². The number of alkyl carbamates (subject to hydrolysis) is 1. The predicted molar refractivity (Wildman–Crippen MR) is 60.9 cm³/mol. The smallest absolute Gasteiger partial charge is 0.417 e. The quantitative estimate of drug-likeness (QED) is 0.833. The van der Waals surface area contributed by atoms with Crippen LogP contribution in [0.2, 0.25) is 0 Å². The van der Waals surface area contributed by atoms with Crippen molar-refractivity contribution in [1.29, 1.82) is 0 Å². The number of carbonyl (C=O) groups excluding carboxylic acids is 1. The van der Waals surface area contributed by atoms with Gasteiger partial charge in [0.2, 0.25) is 0 Å². The average molecular weight is 236 g/mol. The van der Waals surface area contributed by atoms with Gasteiger partial charge in [0.25, 0.3) is 0 Å². The molecule has 1 aromatic heterocycles. The zero-order chi connectivity index (χ0) is 12.3. The molecule has 0 radical (unpaired) electrons. The van der Waals surface area contributed by atoms with Gasteiger partial charge in [-0.05, 0) is 24.1 Å². The molecule has 17 heavy (non-hydrogen) atoms. The number of carbonyl (C=O) groups is 1. The molecular weight excluding hydrogens is 224 g/mol. The number of hydrogen-bond donors (Lipinski definition) is 2. The molecule has 1 aromatic carbocycles. The van der Waals surface area contributed by atoms with Crippen LogP contribution in [0.15, 0.2) is 27.4 Å². The SMILES string of the molecule is COC(=O)NCCc1ccc2[nH]c(=O)oc2c1. The van der Waals surface area contributed by atoms with Gasteiger partial charge in [0.1, 0.15) is 0 Å². The van der Waals surface area contributed by atoms with Gasteiger partial charge in [-0.1, -0.05) is 6.07 Å². The first-order chi connectivity index (χ1) is 8.19. The number of oxazole rings is 1. The fraction of sp³-hybridized carbons (Fsp3) is 0.273. The van der Waals surface area contributed by atoms with E-state index in [4.69, 9.17) is 4.42 Å². The second-order valence-electron chi connectivity index (χ2n) is 3.51. The normalized spacial score (nSPS) is 10.4. The summed E-state index contributed by atoms with van der Waals surface area (Å²) in [6, 6.07) is 5.41. The van der Waals surface area contributed by atoms with Crippen LogP contribution in [0, 0.1) is 0 Å². The van der Waals surface area contributed by atoms with Crippen molar-refractivity contribution in [3.05, 3.63) is 34.3 Å². The van der Waals surface area contributed by atoms with Crippen LogP contribution in [0.1, 0.15) is 5.56 Å². The lowest BCUT2D eigenvalue weighted by Crippen LogP contribution is -2.25. The first-order valence-electron chi connectivity index (χ1n) is 5.12. The molecule has 2 N–H and O–H groups in total. The molecule has 0 unspecified atom stereocenters. The molecule has 0 aliphatic carbocycles. The third kappa shape index (κ3) is 2.66. The van der Waals surface area contributed by atoms with Crippen LogP contribution in [-0.4, -0.2) is 24.7 Å². The molecular formula is C11H12N2O4. The fourth-order valence-corrected chi connectivity index (χ4v) is 1.53. The van der Waals surface area contributed by atoms with Gasteiger partial charge < -0.3 is 14.5 Å². The molecule has 2 aromatic rings. The molecule has 0 spiro atoms. The summed E-state index contributed by atoms with van der Waals surface area (Å²) in [5.41, 5.74) is 2.15. The molecule has 6 heteroatoms. The minimum Gasteiger partial charge on any atom is -0.453 e. The van der Waals surface area contributed by atoms with Gasteiger partial charge in [-0.2, -0.15) is 0 Å². The standard InChI is InChI=1S/C11H12N2O4/c1-16-10(14)12-5-4-7-2-3-8-9(6-7)17-11(15)13-8/h2-3,6H,4-5H2,1H3,(H,12,14)(H,13,15). The second kappa shape index (κ2) is 4.73. The Labute approximate surface area is 96.6 Å². The largest absolute Gasteiger partial charge is 0.453 e. The Morgan fingerprint density at radius 2 is 2.35 bits per heavy atom. The molecule has 0 aliphatic heterocycles. The van der Waals surface area contributed by atoms with Crippen LogP contribution in [0.5, 0.6) is 0 Å². The first-order valence-corrected chi connectivity index (χ1v) is 5.12. The maximum absolute atomic E-state index is 10.9. The van der Waals surface area contributed by atoms with Crippen LogP contribution < -0.4 is 11.1 Å². The lowest BCUT2D eigenvalue weighted by Gasteiger charge is -2.03. The van der Waals surface area contributed by atoms with Crippen LogP contribution in [-0.2, 0) is 11.2 Å². The van der Waals surface area contributed by atoms with Crippen molar-refractivity contribution in [3.8, 4) is 0 Å². The summed E-state index contributed by atoms with van der Waals surface area (Å²) >= 11 is 0. The van der Waals surface area contributed by atoms with Gasteiger partial charge in [0.15, 0.2) is 5.58 Å². The number of nitrogens with one attached hydrogen (secondary N) is 2. The highest BCUT2D eigenvalue weighted by Crippen LogP contribution is 2.12. The highest BCUT2D eigenvalue weighted by atomic mass is 16.5. The van der Waals surface area contributed by atoms with Gasteiger partial charge in [0, 0.05) is 6.54 Å². The molecule has 90 valence electrons. The average Bonchev–Trinajstić information content (AvgIpc) is 2.68. The monoisotopic (exact) mass is 236 g/mol. The van der Waals surface area contributed by atoms with E-state index < -0.39 is 11.8 Å². The summed E-state index contributed by atoms with van der Waals surface area (Å²) in [6.07, 6.45) is 0.180. The van der Waals surface area contributed by atoms with Gasteiger partial charge in [-0.3, -0.25) is 4.98 Å². The Kier molecular flexibility index (Phi) is 3.13. The van der Waals surface area contributed by atoms with Crippen LogP contribution in [0.4, 0.5) is 4.79 Å². The maximum Gasteiger partial charge on any atom is 0.417 e. The predicted octanol–water partition coefficient (Wildman–Crippen LogP) is 1.02. The van der Waals surface area contributed by atoms with Crippen molar-refractivity contribution in [1.82, 2.24) is 10.3 Å². The van der Waals surface area contributed by atoms with Crippen LogP contribution in [0.3, 0.4) is 0 Å². The molecule has 6 nitrogen and oxygen atoms in total. The van der Waals surface area contributed by atoms with Crippen LogP contribution in [0.25, 0.3) is 11.1 Å². The number of ether oxygens (including phenoxy) is 1. The summed E-state index contributed by atoms with van der Waals surface area (Å²) in [5, 5.41) is 2.57. The Morgan fingerprint density at radius 3 is 3.12 bits per heavy atom. The fourth-order valence-electron chi connectivity index (χ4n) is 1.53. The van der Waals surface area contributed by atoms with E-state index in [9.17, 15) is 9.59 Å². The van der Waals surface area contributed by atoms with Gasteiger partial charge >= 0.3 is 11.8 Å². The molecule has 1 amide bonds. The topological polar surface area (TPSA) is 84.3 Å². The molecule has 0 saturated carbocycles. The van der Waals surface area contributed by atoms with Crippen molar-refractivity contribution in [3.63, 3.8) is 0 Å². The van der Waals surface area contributed by atoms with E-state index in [0.717, 1.165) is 5.56 Å². The number of H-pyrrole nitrogens is 1. The number of amides is 1. The first kappa shape index (κ1) is 11.3. The van der Waals surface area contributed by atoms with Crippen molar-refractivity contribution in [2.24, 2.45) is 0 Å². The van der Waals surface area contributed by atoms with Gasteiger partial charge in [0.05, 0.1) is 12.6 Å². The number of hydrogen-bond acceptors (Lipinski definition) is 4. The summed E-state index contributed by atoms with van der Waals surface area (Å²) in [6.45, 7) is 0.465. The van der Waals surface area contributed by atoms with Crippen molar-refractivity contribution in [2.75, 3.05) is 13.7 Å². The highest BCUT2D eigenvalue weighted by Gasteiger charge is 2.03. The zero-order valence-corrected chi connectivity index (χ0v) is 9.28. The van der Waals surface area contributed by atoms with E-state index in [-0.39, 0.29) is 0 Å². The molecule has 0 aliphatic rings. The van der Waals surface area contributed by atoms with Crippen molar-refractivity contribution < 1.29 is 13.9 Å². The summed E-state index contributed by atoms with van der Waals surface area (Å²) in [4.78, 5) is 24.3. The van der Waals surface area contributed by atoms with Crippen LogP contribution >= 0.6 is 0 Å². The highest BCUT2D eigenvalue weighted by molar-refractivity contribution is 5.72. The third-order valence-electron chi connectivity index (χ3n) is 2.35. The minimum absolute atomic E-state index is 0.459. The van der Waals surface area contributed by atoms with E-state index in [1.165, 1.54) is 7.11 Å². The number of methoxy groups -OCH3 is 1. The number of benzene rings is 1. The number of aromatic amines is 1. The van der Waals surface area contributed by atoms with E-state index in [2.05, 4.69) is 15.0 Å². The molecule has 1 heterocycles. The van der Waals surface area contributed by atoms with Crippen molar-refractivity contribution in [2.45, 2.75) is 6.42 Å². The van der Waals surface area contributed by atoms with Gasteiger partial charge in [-0.15, -0.1) is 0 Å². The third-order valence-corrected chi connectivity index (χ3v) is 2.35. The Bertz CT molecular complexity index is 584. The summed E-state index contributed by atoms with van der Waals surface area (Å²) in [7, 11) is 1.32. The van der Waals surface area contributed by atoms with Crippen molar-refractivity contribution >= 4 is 17.2 Å². The number of aromatic nitrogens is 1. The molecule has 0 saturated heterocycles. The van der Waals surface area contributed by atoms with E-state index >= 15 is 0 Å². The molecule has 2 rings (SSSR count). The van der Waals surface area contributed by atoms with E-state index in [1.807, 2.05) is 6.07 Å². The molecule has 0 bridgehead atoms. The Balaban J connectivity index is 2.04. The number of rotatable bonds is 3. The minimum atomic E-state index is -0.468. The van der Waals surface area contributed by atoms with E-state index in [0.29, 0.717) is 24.1 Å². The molecule has 0 atom stereocenters. The second-order valence-corrected chi connectivity index (χ2v) is 3.51.